The summed E-state index contributed by atoms with van der Waals surface area (Å²) in [6.07, 6.45) is 0.986. The maximum atomic E-state index is 13.0. The fourth-order valence-electron chi connectivity index (χ4n) is 2.85. The van der Waals surface area contributed by atoms with Gasteiger partial charge < -0.3 is 23.8 Å². The van der Waals surface area contributed by atoms with Crippen molar-refractivity contribution in [2.24, 2.45) is 0 Å². The van der Waals surface area contributed by atoms with Gasteiger partial charge in [0.1, 0.15) is 0 Å². The zero-order valence-electron chi connectivity index (χ0n) is 15.7. The van der Waals surface area contributed by atoms with E-state index in [1.54, 1.807) is 12.1 Å². The molecule has 1 aromatic carbocycles. The summed E-state index contributed by atoms with van der Waals surface area (Å²) >= 11 is 0. The SMILES string of the molecule is CCOc1cc(C(=O)N2CCOC(CC)C2)cc(OCC)c1OCC. The number of rotatable bonds is 8. The van der Waals surface area contributed by atoms with Crippen LogP contribution < -0.4 is 14.2 Å². The molecule has 0 N–H and O–H groups in total. The number of carbonyl (C=O) groups is 1. The van der Waals surface area contributed by atoms with Crippen LogP contribution in [-0.4, -0.2) is 56.4 Å². The lowest BCUT2D eigenvalue weighted by Crippen LogP contribution is -2.45. The summed E-state index contributed by atoms with van der Waals surface area (Å²) in [7, 11) is 0. The summed E-state index contributed by atoms with van der Waals surface area (Å²) in [5.74, 6) is 1.60. The van der Waals surface area contributed by atoms with Crippen LogP contribution in [0.3, 0.4) is 0 Å². The molecule has 1 unspecified atom stereocenters. The van der Waals surface area contributed by atoms with Gasteiger partial charge in [0.2, 0.25) is 5.75 Å². The van der Waals surface area contributed by atoms with E-state index in [2.05, 4.69) is 6.92 Å². The first-order valence-electron chi connectivity index (χ1n) is 9.11. The Hall–Kier alpha value is -1.95. The van der Waals surface area contributed by atoms with Gasteiger partial charge in [-0.2, -0.15) is 0 Å². The van der Waals surface area contributed by atoms with Crippen molar-refractivity contribution in [3.05, 3.63) is 17.7 Å². The zero-order chi connectivity index (χ0) is 18.2. The lowest BCUT2D eigenvalue weighted by molar-refractivity contribution is -0.0226. The van der Waals surface area contributed by atoms with E-state index in [1.807, 2.05) is 25.7 Å². The predicted octanol–water partition coefficient (Wildman–Crippen LogP) is 3.13. The number of nitrogens with zero attached hydrogens (tertiary/aromatic N) is 1. The molecule has 0 bridgehead atoms. The second-order valence-corrected chi connectivity index (χ2v) is 5.75. The summed E-state index contributed by atoms with van der Waals surface area (Å²) in [5, 5.41) is 0. The summed E-state index contributed by atoms with van der Waals surface area (Å²) in [5.41, 5.74) is 0.548. The van der Waals surface area contributed by atoms with Crippen molar-refractivity contribution in [3.63, 3.8) is 0 Å². The van der Waals surface area contributed by atoms with E-state index >= 15 is 0 Å². The van der Waals surface area contributed by atoms with Crippen LogP contribution in [0.4, 0.5) is 0 Å². The first kappa shape index (κ1) is 19.4. The first-order chi connectivity index (χ1) is 12.1. The van der Waals surface area contributed by atoms with Crippen molar-refractivity contribution in [2.75, 3.05) is 39.5 Å². The number of benzene rings is 1. The van der Waals surface area contributed by atoms with Crippen LogP contribution in [0.1, 0.15) is 44.5 Å². The van der Waals surface area contributed by atoms with E-state index in [4.69, 9.17) is 18.9 Å². The van der Waals surface area contributed by atoms with Crippen molar-refractivity contribution in [2.45, 2.75) is 40.2 Å². The quantitative estimate of drug-likeness (QED) is 0.720. The molecule has 1 aromatic rings. The minimum atomic E-state index is -0.0355. The summed E-state index contributed by atoms with van der Waals surface area (Å²) in [4.78, 5) is 14.8. The molecular formula is C19H29NO5. The topological polar surface area (TPSA) is 57.2 Å². The van der Waals surface area contributed by atoms with Crippen LogP contribution in [0.25, 0.3) is 0 Å². The fourth-order valence-corrected chi connectivity index (χ4v) is 2.85. The molecule has 1 aliphatic heterocycles. The summed E-state index contributed by atoms with van der Waals surface area (Å²) in [6, 6.07) is 3.49. The summed E-state index contributed by atoms with van der Waals surface area (Å²) in [6.45, 7) is 11.0. The van der Waals surface area contributed by atoms with Crippen LogP contribution >= 0.6 is 0 Å². The highest BCUT2D eigenvalue weighted by molar-refractivity contribution is 5.95. The Bertz CT molecular complexity index is 548. The third-order valence-electron chi connectivity index (χ3n) is 4.04. The highest BCUT2D eigenvalue weighted by Crippen LogP contribution is 2.39. The summed E-state index contributed by atoms with van der Waals surface area (Å²) < 4.78 is 22.7. The maximum Gasteiger partial charge on any atom is 0.254 e. The molecule has 25 heavy (non-hydrogen) atoms. The van der Waals surface area contributed by atoms with Gasteiger partial charge in [0, 0.05) is 18.7 Å². The smallest absolute Gasteiger partial charge is 0.254 e. The molecule has 6 nitrogen and oxygen atoms in total. The molecule has 140 valence electrons. The van der Waals surface area contributed by atoms with Gasteiger partial charge in [-0.3, -0.25) is 4.79 Å². The van der Waals surface area contributed by atoms with Gasteiger partial charge in [-0.25, -0.2) is 0 Å². The maximum absolute atomic E-state index is 13.0. The molecule has 1 amide bonds. The highest BCUT2D eigenvalue weighted by atomic mass is 16.5. The second-order valence-electron chi connectivity index (χ2n) is 5.75. The molecule has 2 rings (SSSR count). The van der Waals surface area contributed by atoms with Gasteiger partial charge in [-0.05, 0) is 39.3 Å². The molecule has 6 heteroatoms. The Morgan fingerprint density at radius 2 is 1.68 bits per heavy atom. The van der Waals surface area contributed by atoms with Gasteiger partial charge >= 0.3 is 0 Å². The number of carbonyl (C=O) groups excluding carboxylic acids is 1. The van der Waals surface area contributed by atoms with Crippen molar-refractivity contribution >= 4 is 5.91 Å². The molecule has 0 aliphatic carbocycles. The van der Waals surface area contributed by atoms with Gasteiger partial charge in [0.05, 0.1) is 32.5 Å². The minimum absolute atomic E-state index is 0.0355. The third kappa shape index (κ3) is 4.78. The molecular weight excluding hydrogens is 322 g/mol. The lowest BCUT2D eigenvalue weighted by Gasteiger charge is -2.32. The normalized spacial score (nSPS) is 17.3. The zero-order valence-corrected chi connectivity index (χ0v) is 15.7. The van der Waals surface area contributed by atoms with Crippen LogP contribution in [0.5, 0.6) is 17.2 Å². The fraction of sp³-hybridized carbons (Fsp3) is 0.632. The molecule has 1 fully saturated rings. The van der Waals surface area contributed by atoms with Crippen molar-refractivity contribution in [1.29, 1.82) is 0 Å². The molecule has 1 saturated heterocycles. The van der Waals surface area contributed by atoms with E-state index in [9.17, 15) is 4.79 Å². The monoisotopic (exact) mass is 351 g/mol. The van der Waals surface area contributed by atoms with E-state index in [1.165, 1.54) is 0 Å². The van der Waals surface area contributed by atoms with Crippen LogP contribution in [0.15, 0.2) is 12.1 Å². The largest absolute Gasteiger partial charge is 0.490 e. The second kappa shape index (κ2) is 9.51. The third-order valence-corrected chi connectivity index (χ3v) is 4.04. The number of hydrogen-bond acceptors (Lipinski definition) is 5. The number of hydrogen-bond donors (Lipinski definition) is 0. The van der Waals surface area contributed by atoms with Crippen LogP contribution in [-0.2, 0) is 4.74 Å². The van der Waals surface area contributed by atoms with E-state index in [0.29, 0.717) is 62.3 Å². The molecule has 0 aromatic heterocycles. The Labute approximate surface area is 150 Å². The van der Waals surface area contributed by atoms with E-state index in [0.717, 1.165) is 6.42 Å². The Morgan fingerprint density at radius 3 is 2.20 bits per heavy atom. The van der Waals surface area contributed by atoms with Crippen LogP contribution in [0, 0.1) is 0 Å². The molecule has 0 saturated carbocycles. The van der Waals surface area contributed by atoms with Crippen molar-refractivity contribution in [3.8, 4) is 17.2 Å². The molecule has 0 spiro atoms. The molecule has 0 radical (unpaired) electrons. The molecule has 1 aliphatic rings. The van der Waals surface area contributed by atoms with Crippen molar-refractivity contribution < 1.29 is 23.7 Å². The molecule has 1 heterocycles. The van der Waals surface area contributed by atoms with E-state index in [-0.39, 0.29) is 12.0 Å². The van der Waals surface area contributed by atoms with Gasteiger partial charge in [0.15, 0.2) is 11.5 Å². The van der Waals surface area contributed by atoms with E-state index < -0.39 is 0 Å². The van der Waals surface area contributed by atoms with Crippen molar-refractivity contribution in [1.82, 2.24) is 4.90 Å². The Balaban J connectivity index is 2.33. The van der Waals surface area contributed by atoms with Gasteiger partial charge in [-0.15, -0.1) is 0 Å². The number of ether oxygens (including phenoxy) is 4. The number of amides is 1. The average Bonchev–Trinajstić information content (AvgIpc) is 2.64. The van der Waals surface area contributed by atoms with Gasteiger partial charge in [0.25, 0.3) is 5.91 Å². The molecule has 1 atom stereocenters. The van der Waals surface area contributed by atoms with Gasteiger partial charge in [-0.1, -0.05) is 6.92 Å². The highest BCUT2D eigenvalue weighted by Gasteiger charge is 2.26. The predicted molar refractivity (Wildman–Crippen MR) is 95.9 cm³/mol. The Morgan fingerprint density at radius 1 is 1.08 bits per heavy atom. The Kier molecular flexibility index (Phi) is 7.37. The number of morpholine rings is 1. The van der Waals surface area contributed by atoms with Crippen LogP contribution in [0.2, 0.25) is 0 Å². The first-order valence-corrected chi connectivity index (χ1v) is 9.11. The lowest BCUT2D eigenvalue weighted by atomic mass is 10.1. The standard InChI is InChI=1S/C19H29NO5/c1-5-15-13-20(9-10-25-15)19(21)14-11-16(22-6-2)18(24-8-4)17(12-14)23-7-3/h11-12,15H,5-10,13H2,1-4H3. The minimum Gasteiger partial charge on any atom is -0.490 e. The average molecular weight is 351 g/mol.